The molecule has 1 aromatic heterocycles. The standard InChI is InChI=1S/C14H13FN2S/c1-10(12-3-2-4-13(15)6-12)17-8-14-5-11(7-16)9-18-14/h2-6,9-10,17H,8H2,1H3/t10-/m1/s1. The van der Waals surface area contributed by atoms with Crippen LogP contribution in [0.25, 0.3) is 0 Å². The third-order valence-corrected chi connectivity index (χ3v) is 3.65. The summed E-state index contributed by atoms with van der Waals surface area (Å²) in [6.07, 6.45) is 0. The summed E-state index contributed by atoms with van der Waals surface area (Å²) >= 11 is 1.56. The largest absolute Gasteiger partial charge is 0.305 e. The Morgan fingerprint density at radius 1 is 1.44 bits per heavy atom. The molecule has 0 fully saturated rings. The zero-order valence-electron chi connectivity index (χ0n) is 9.98. The molecule has 0 radical (unpaired) electrons. The number of nitrogens with zero attached hydrogens (tertiary/aromatic N) is 1. The van der Waals surface area contributed by atoms with E-state index in [1.165, 1.54) is 12.1 Å². The quantitative estimate of drug-likeness (QED) is 0.911. The minimum atomic E-state index is -0.218. The zero-order valence-corrected chi connectivity index (χ0v) is 10.8. The second-order valence-corrected chi connectivity index (χ2v) is 5.07. The highest BCUT2D eigenvalue weighted by Gasteiger charge is 2.06. The first kappa shape index (κ1) is 12.7. The predicted octanol–water partition coefficient (Wildman–Crippen LogP) is 3.61. The van der Waals surface area contributed by atoms with Crippen LogP contribution in [-0.4, -0.2) is 0 Å². The lowest BCUT2D eigenvalue weighted by Gasteiger charge is -2.13. The molecule has 18 heavy (non-hydrogen) atoms. The van der Waals surface area contributed by atoms with Crippen LogP contribution in [0.1, 0.15) is 29.0 Å². The first-order valence-corrected chi connectivity index (χ1v) is 6.53. The van der Waals surface area contributed by atoms with E-state index in [2.05, 4.69) is 11.4 Å². The third kappa shape index (κ3) is 3.16. The molecule has 1 atom stereocenters. The number of halogens is 1. The van der Waals surface area contributed by atoms with Crippen LogP contribution in [0.4, 0.5) is 4.39 Å². The van der Waals surface area contributed by atoms with Crippen molar-refractivity contribution in [2.75, 3.05) is 0 Å². The van der Waals surface area contributed by atoms with Crippen molar-refractivity contribution in [3.8, 4) is 6.07 Å². The van der Waals surface area contributed by atoms with Gasteiger partial charge in [0.1, 0.15) is 11.9 Å². The van der Waals surface area contributed by atoms with Crippen LogP contribution in [0, 0.1) is 17.1 Å². The average molecular weight is 260 g/mol. The molecule has 0 amide bonds. The fourth-order valence-electron chi connectivity index (χ4n) is 1.68. The summed E-state index contributed by atoms with van der Waals surface area (Å²) in [7, 11) is 0. The molecule has 0 aliphatic heterocycles. The van der Waals surface area contributed by atoms with Gasteiger partial charge < -0.3 is 5.32 Å². The first-order chi connectivity index (χ1) is 8.69. The van der Waals surface area contributed by atoms with Crippen molar-refractivity contribution < 1.29 is 4.39 Å². The number of benzene rings is 1. The monoisotopic (exact) mass is 260 g/mol. The van der Waals surface area contributed by atoms with Crippen molar-refractivity contribution in [2.45, 2.75) is 19.5 Å². The summed E-state index contributed by atoms with van der Waals surface area (Å²) < 4.78 is 13.1. The van der Waals surface area contributed by atoms with E-state index in [1.54, 1.807) is 17.4 Å². The second kappa shape index (κ2) is 5.76. The SMILES string of the molecule is C[C@@H](NCc1cc(C#N)cs1)c1cccc(F)c1. The molecular weight excluding hydrogens is 247 g/mol. The second-order valence-electron chi connectivity index (χ2n) is 4.07. The molecule has 0 aliphatic carbocycles. The maximum atomic E-state index is 13.1. The summed E-state index contributed by atoms with van der Waals surface area (Å²) in [6, 6.07) is 10.6. The van der Waals surface area contributed by atoms with Crippen molar-refractivity contribution in [3.63, 3.8) is 0 Å². The van der Waals surface area contributed by atoms with E-state index in [-0.39, 0.29) is 11.9 Å². The van der Waals surface area contributed by atoms with E-state index >= 15 is 0 Å². The third-order valence-electron chi connectivity index (χ3n) is 2.71. The highest BCUT2D eigenvalue weighted by Crippen LogP contribution is 2.17. The minimum Gasteiger partial charge on any atom is -0.305 e. The zero-order chi connectivity index (χ0) is 13.0. The van der Waals surface area contributed by atoms with E-state index in [0.29, 0.717) is 12.1 Å². The van der Waals surface area contributed by atoms with Gasteiger partial charge in [0, 0.05) is 22.8 Å². The maximum absolute atomic E-state index is 13.1. The number of thiophene rings is 1. The molecule has 2 rings (SSSR count). The minimum absolute atomic E-state index is 0.0772. The Balaban J connectivity index is 1.96. The number of nitrogens with one attached hydrogen (secondary N) is 1. The van der Waals surface area contributed by atoms with Gasteiger partial charge in [-0.1, -0.05) is 12.1 Å². The molecule has 1 heterocycles. The molecule has 0 spiro atoms. The van der Waals surface area contributed by atoms with Crippen LogP contribution in [0.5, 0.6) is 0 Å². The van der Waals surface area contributed by atoms with E-state index in [9.17, 15) is 4.39 Å². The van der Waals surface area contributed by atoms with Crippen LogP contribution in [-0.2, 0) is 6.54 Å². The van der Waals surface area contributed by atoms with Gasteiger partial charge in [0.15, 0.2) is 0 Å². The molecule has 0 aliphatic rings. The lowest BCUT2D eigenvalue weighted by Crippen LogP contribution is -2.17. The number of hydrogen-bond acceptors (Lipinski definition) is 3. The number of rotatable bonds is 4. The summed E-state index contributed by atoms with van der Waals surface area (Å²) in [5.74, 6) is -0.218. The van der Waals surface area contributed by atoms with E-state index in [4.69, 9.17) is 5.26 Å². The highest BCUT2D eigenvalue weighted by atomic mass is 32.1. The fourth-order valence-corrected chi connectivity index (χ4v) is 2.44. The van der Waals surface area contributed by atoms with Gasteiger partial charge in [0.05, 0.1) is 5.56 Å². The van der Waals surface area contributed by atoms with Gasteiger partial charge in [-0.25, -0.2) is 4.39 Å². The van der Waals surface area contributed by atoms with Crippen molar-refractivity contribution in [2.24, 2.45) is 0 Å². The van der Waals surface area contributed by atoms with Crippen molar-refractivity contribution in [1.82, 2.24) is 5.32 Å². The van der Waals surface area contributed by atoms with E-state index in [0.717, 1.165) is 10.4 Å². The Morgan fingerprint density at radius 3 is 2.94 bits per heavy atom. The van der Waals surface area contributed by atoms with Gasteiger partial charge in [0.25, 0.3) is 0 Å². The van der Waals surface area contributed by atoms with Gasteiger partial charge >= 0.3 is 0 Å². The molecule has 0 saturated heterocycles. The van der Waals surface area contributed by atoms with Gasteiger partial charge in [0.2, 0.25) is 0 Å². The smallest absolute Gasteiger partial charge is 0.123 e. The Morgan fingerprint density at radius 2 is 2.28 bits per heavy atom. The Kier molecular flexibility index (Phi) is 4.08. The molecule has 4 heteroatoms. The number of hydrogen-bond donors (Lipinski definition) is 1. The van der Waals surface area contributed by atoms with E-state index < -0.39 is 0 Å². The van der Waals surface area contributed by atoms with Gasteiger partial charge in [-0.2, -0.15) is 5.26 Å². The normalized spacial score (nSPS) is 12.1. The number of nitriles is 1. The Labute approximate surface area is 110 Å². The topological polar surface area (TPSA) is 35.8 Å². The Bertz CT molecular complexity index is 571. The first-order valence-electron chi connectivity index (χ1n) is 5.65. The lowest BCUT2D eigenvalue weighted by molar-refractivity contribution is 0.568. The van der Waals surface area contributed by atoms with Crippen molar-refractivity contribution >= 4 is 11.3 Å². The molecule has 0 unspecified atom stereocenters. The molecule has 92 valence electrons. The summed E-state index contributed by atoms with van der Waals surface area (Å²) in [4.78, 5) is 1.11. The summed E-state index contributed by atoms with van der Waals surface area (Å²) in [6.45, 7) is 2.68. The van der Waals surface area contributed by atoms with E-state index in [1.807, 2.05) is 24.4 Å². The summed E-state index contributed by atoms with van der Waals surface area (Å²) in [5.41, 5.74) is 1.61. The predicted molar refractivity (Wildman–Crippen MR) is 70.7 cm³/mol. The average Bonchev–Trinajstić information content (AvgIpc) is 2.84. The molecule has 0 bridgehead atoms. The summed E-state index contributed by atoms with van der Waals surface area (Å²) in [5, 5.41) is 13.9. The van der Waals surface area contributed by atoms with Gasteiger partial charge in [-0.15, -0.1) is 11.3 Å². The van der Waals surface area contributed by atoms with Gasteiger partial charge in [-0.3, -0.25) is 0 Å². The highest BCUT2D eigenvalue weighted by molar-refractivity contribution is 7.10. The Hall–Kier alpha value is -1.70. The van der Waals surface area contributed by atoms with Gasteiger partial charge in [-0.05, 0) is 30.7 Å². The molecule has 0 saturated carbocycles. The van der Waals surface area contributed by atoms with Crippen LogP contribution in [0.15, 0.2) is 35.7 Å². The molecular formula is C14H13FN2S. The molecule has 2 nitrogen and oxygen atoms in total. The lowest BCUT2D eigenvalue weighted by atomic mass is 10.1. The molecule has 1 aromatic carbocycles. The molecule has 2 aromatic rings. The maximum Gasteiger partial charge on any atom is 0.123 e. The van der Waals surface area contributed by atoms with Crippen LogP contribution in [0.3, 0.4) is 0 Å². The van der Waals surface area contributed by atoms with Crippen LogP contribution in [0.2, 0.25) is 0 Å². The molecule has 1 N–H and O–H groups in total. The fraction of sp³-hybridized carbons (Fsp3) is 0.214. The van der Waals surface area contributed by atoms with Crippen molar-refractivity contribution in [1.29, 1.82) is 5.26 Å². The van der Waals surface area contributed by atoms with Crippen LogP contribution < -0.4 is 5.32 Å². The van der Waals surface area contributed by atoms with Crippen LogP contribution >= 0.6 is 11.3 Å². The van der Waals surface area contributed by atoms with Crippen molar-refractivity contribution in [3.05, 3.63) is 57.5 Å².